The fourth-order valence-electron chi connectivity index (χ4n) is 2.22. The summed E-state index contributed by atoms with van der Waals surface area (Å²) < 4.78 is 9.97. The van der Waals surface area contributed by atoms with Crippen molar-refractivity contribution in [2.45, 2.75) is 31.5 Å². The number of amides is 1. The van der Waals surface area contributed by atoms with Gasteiger partial charge in [-0.05, 0) is 13.0 Å². The van der Waals surface area contributed by atoms with E-state index in [0.717, 1.165) is 4.90 Å². The first kappa shape index (κ1) is 20.1. The van der Waals surface area contributed by atoms with Crippen LogP contribution in [0.25, 0.3) is 0 Å². The first-order valence-corrected chi connectivity index (χ1v) is 8.72. The van der Waals surface area contributed by atoms with Crippen molar-refractivity contribution in [2.75, 3.05) is 6.61 Å². The number of alkyl halides is 1. The molecule has 1 fully saturated rings. The summed E-state index contributed by atoms with van der Waals surface area (Å²) in [7, 11) is 0. The first-order chi connectivity index (χ1) is 12.4. The number of esters is 1. The standard InChI is InChI=1S/C15H15ClN2O7S/c1-2-25-26-15(21)13(17-11(16)7-12(17)19)14(20)24-8-9-5-3-4-6-10(9)18(22)23/h3-6,11,13H,2,7-8H2,1H3. The monoisotopic (exact) mass is 402 g/mol. The van der Waals surface area contributed by atoms with Gasteiger partial charge in [0.1, 0.15) is 12.1 Å². The molecule has 0 aromatic heterocycles. The van der Waals surface area contributed by atoms with Gasteiger partial charge in [0.25, 0.3) is 5.69 Å². The van der Waals surface area contributed by atoms with E-state index in [2.05, 4.69) is 0 Å². The predicted octanol–water partition coefficient (Wildman–Crippen LogP) is 2.02. The number of hydrogen-bond acceptors (Lipinski definition) is 8. The van der Waals surface area contributed by atoms with E-state index in [4.69, 9.17) is 20.5 Å². The Labute approximate surface area is 157 Å². The van der Waals surface area contributed by atoms with Gasteiger partial charge in [0.05, 0.1) is 35.6 Å². The molecule has 1 saturated heterocycles. The Morgan fingerprint density at radius 2 is 2.15 bits per heavy atom. The number of para-hydroxylation sites is 1. The molecule has 9 nitrogen and oxygen atoms in total. The van der Waals surface area contributed by atoms with Gasteiger partial charge in [0.2, 0.25) is 17.1 Å². The number of benzene rings is 1. The summed E-state index contributed by atoms with van der Waals surface area (Å²) in [6.45, 7) is 1.45. The molecule has 1 aliphatic rings. The van der Waals surface area contributed by atoms with Crippen LogP contribution in [0.2, 0.25) is 0 Å². The highest BCUT2D eigenvalue weighted by Gasteiger charge is 2.47. The highest BCUT2D eigenvalue weighted by atomic mass is 35.5. The van der Waals surface area contributed by atoms with Crippen LogP contribution in [0.4, 0.5) is 5.69 Å². The third-order valence-corrected chi connectivity index (χ3v) is 4.58. The summed E-state index contributed by atoms with van der Waals surface area (Å²) in [4.78, 5) is 47.7. The van der Waals surface area contributed by atoms with Gasteiger partial charge in [0.15, 0.2) is 0 Å². The van der Waals surface area contributed by atoms with E-state index < -0.39 is 40.1 Å². The van der Waals surface area contributed by atoms with Crippen molar-refractivity contribution in [3.63, 3.8) is 0 Å². The van der Waals surface area contributed by atoms with Gasteiger partial charge in [-0.25, -0.2) is 4.79 Å². The van der Waals surface area contributed by atoms with Gasteiger partial charge in [-0.15, -0.1) is 0 Å². The third-order valence-electron chi connectivity index (χ3n) is 3.47. The van der Waals surface area contributed by atoms with Crippen LogP contribution >= 0.6 is 23.6 Å². The van der Waals surface area contributed by atoms with Crippen LogP contribution in [0, 0.1) is 10.1 Å². The van der Waals surface area contributed by atoms with Crippen molar-refractivity contribution in [3.05, 3.63) is 39.9 Å². The van der Waals surface area contributed by atoms with Crippen LogP contribution in [0.1, 0.15) is 18.9 Å². The first-order valence-electron chi connectivity index (χ1n) is 7.54. The Kier molecular flexibility index (Phi) is 6.95. The van der Waals surface area contributed by atoms with E-state index >= 15 is 0 Å². The van der Waals surface area contributed by atoms with E-state index in [0.29, 0.717) is 12.0 Å². The molecule has 140 valence electrons. The molecule has 1 amide bonds. The SMILES string of the molecule is CCOSC(=O)C(C(=O)OCc1ccccc1[N+](=O)[O-])N1C(=O)CC1Cl. The molecule has 26 heavy (non-hydrogen) atoms. The number of nitro groups is 1. The second-order valence-electron chi connectivity index (χ2n) is 5.14. The Hall–Kier alpha value is -2.17. The lowest BCUT2D eigenvalue weighted by atomic mass is 10.1. The topological polar surface area (TPSA) is 116 Å². The molecule has 1 aliphatic heterocycles. The number of β-lactam (4-membered cyclic amide) rings is 1. The average molecular weight is 403 g/mol. The molecule has 1 aromatic rings. The van der Waals surface area contributed by atoms with Crippen molar-refractivity contribution in [3.8, 4) is 0 Å². The van der Waals surface area contributed by atoms with E-state index in [1.54, 1.807) is 13.0 Å². The van der Waals surface area contributed by atoms with Gasteiger partial charge in [0, 0.05) is 6.07 Å². The van der Waals surface area contributed by atoms with Crippen molar-refractivity contribution in [2.24, 2.45) is 0 Å². The average Bonchev–Trinajstić information content (AvgIpc) is 2.62. The molecular formula is C15H15ClN2O7S. The van der Waals surface area contributed by atoms with Crippen LogP contribution in [0.5, 0.6) is 0 Å². The minimum Gasteiger partial charge on any atom is -0.459 e. The summed E-state index contributed by atoms with van der Waals surface area (Å²) in [5, 5.41) is 10.2. The molecule has 2 rings (SSSR count). The summed E-state index contributed by atoms with van der Waals surface area (Å²) in [6, 6.07) is 4.15. The zero-order valence-corrected chi connectivity index (χ0v) is 15.2. The smallest absolute Gasteiger partial charge is 0.338 e. The number of nitro benzene ring substituents is 1. The normalized spacial score (nSPS) is 17.4. The van der Waals surface area contributed by atoms with E-state index in [1.807, 2.05) is 0 Å². The van der Waals surface area contributed by atoms with Crippen molar-refractivity contribution < 1.29 is 28.2 Å². The lowest BCUT2D eigenvalue weighted by Crippen LogP contribution is -2.60. The van der Waals surface area contributed by atoms with Crippen molar-refractivity contribution >= 4 is 46.3 Å². The molecule has 0 saturated carbocycles. The Bertz CT molecular complexity index is 730. The summed E-state index contributed by atoms with van der Waals surface area (Å²) in [5.74, 6) is -1.50. The minimum absolute atomic E-state index is 0.00206. The lowest BCUT2D eigenvalue weighted by Gasteiger charge is -2.39. The number of carbonyl (C=O) groups excluding carboxylic acids is 3. The van der Waals surface area contributed by atoms with Gasteiger partial charge in [-0.2, -0.15) is 0 Å². The van der Waals surface area contributed by atoms with Crippen LogP contribution in [0.15, 0.2) is 24.3 Å². The molecule has 11 heteroatoms. The van der Waals surface area contributed by atoms with E-state index in [9.17, 15) is 24.5 Å². The number of hydrogen-bond donors (Lipinski definition) is 0. The van der Waals surface area contributed by atoms with Gasteiger partial charge >= 0.3 is 5.97 Å². The Morgan fingerprint density at radius 3 is 2.73 bits per heavy atom. The summed E-state index contributed by atoms with van der Waals surface area (Å²) in [6.07, 6.45) is 0.00206. The minimum atomic E-state index is -1.57. The molecule has 0 bridgehead atoms. The number of rotatable bonds is 8. The van der Waals surface area contributed by atoms with Crippen LogP contribution in [-0.4, -0.2) is 45.0 Å². The number of carbonyl (C=O) groups is 3. The van der Waals surface area contributed by atoms with Crippen molar-refractivity contribution in [1.29, 1.82) is 0 Å². The van der Waals surface area contributed by atoms with E-state index in [1.165, 1.54) is 18.2 Å². The third kappa shape index (κ3) is 4.51. The Morgan fingerprint density at radius 1 is 1.46 bits per heavy atom. The predicted molar refractivity (Wildman–Crippen MR) is 92.0 cm³/mol. The van der Waals surface area contributed by atoms with Gasteiger partial charge in [-0.3, -0.25) is 19.7 Å². The summed E-state index contributed by atoms with van der Waals surface area (Å²) in [5.41, 5.74) is -0.869. The largest absolute Gasteiger partial charge is 0.459 e. The number of likely N-dealkylation sites (tertiary alicyclic amines) is 1. The molecule has 2 atom stereocenters. The second kappa shape index (κ2) is 8.97. The quantitative estimate of drug-likeness (QED) is 0.0947. The maximum absolute atomic E-state index is 12.4. The molecular weight excluding hydrogens is 388 g/mol. The van der Waals surface area contributed by atoms with Crippen LogP contribution in [0.3, 0.4) is 0 Å². The highest BCUT2D eigenvalue weighted by Crippen LogP contribution is 2.29. The fourth-order valence-corrected chi connectivity index (χ4v) is 3.11. The Balaban J connectivity index is 2.13. The molecule has 1 aromatic carbocycles. The van der Waals surface area contributed by atoms with Gasteiger partial charge < -0.3 is 13.8 Å². The zero-order chi connectivity index (χ0) is 19.3. The van der Waals surface area contributed by atoms with E-state index in [-0.39, 0.29) is 24.3 Å². The lowest BCUT2D eigenvalue weighted by molar-refractivity contribution is -0.385. The number of halogens is 1. The second-order valence-corrected chi connectivity index (χ2v) is 6.45. The van der Waals surface area contributed by atoms with Crippen molar-refractivity contribution in [1.82, 2.24) is 4.90 Å². The summed E-state index contributed by atoms with van der Waals surface area (Å²) >= 11 is 6.34. The maximum Gasteiger partial charge on any atom is 0.338 e. The maximum atomic E-state index is 12.4. The molecule has 0 radical (unpaired) electrons. The highest BCUT2D eigenvalue weighted by molar-refractivity contribution is 8.09. The molecule has 0 spiro atoms. The molecule has 0 N–H and O–H groups in total. The fraction of sp³-hybridized carbons (Fsp3) is 0.400. The molecule has 0 aliphatic carbocycles. The molecule has 1 heterocycles. The zero-order valence-electron chi connectivity index (χ0n) is 13.6. The van der Waals surface area contributed by atoms with Gasteiger partial charge in [-0.1, -0.05) is 23.7 Å². The van der Waals surface area contributed by atoms with Crippen LogP contribution < -0.4 is 0 Å². The molecule has 2 unspecified atom stereocenters. The van der Waals surface area contributed by atoms with Crippen LogP contribution in [-0.2, 0) is 29.9 Å². The number of nitrogens with zero attached hydrogens (tertiary/aromatic N) is 2. The number of ether oxygens (including phenoxy) is 1.